The zero-order chi connectivity index (χ0) is 22.5. The number of carbonyl (C=O) groups is 2. The van der Waals surface area contributed by atoms with Gasteiger partial charge in [0, 0.05) is 46.4 Å². The minimum Gasteiger partial charge on any atom is -0.507 e. The van der Waals surface area contributed by atoms with E-state index in [9.17, 15) is 19.8 Å². The Balaban J connectivity index is 0.00000363. The van der Waals surface area contributed by atoms with Crippen molar-refractivity contribution >= 4 is 52.9 Å². The van der Waals surface area contributed by atoms with E-state index in [1.807, 2.05) is 6.92 Å². The van der Waals surface area contributed by atoms with Crippen LogP contribution >= 0.6 is 0 Å². The van der Waals surface area contributed by atoms with Crippen molar-refractivity contribution in [2.75, 3.05) is 11.1 Å². The number of phenols is 1. The maximum Gasteiger partial charge on any atom is 0.253 e. The Labute approximate surface area is 208 Å². The fourth-order valence-corrected chi connectivity index (χ4v) is 3.27. The number of rotatable bonds is 7. The SMILES string of the molecule is CCCC(O)C(=O)Nc1cccc(-c2cc(-c3ccccc3O)nc(N)c2C(N)=O)c1.[Na]. The number of amides is 2. The smallest absolute Gasteiger partial charge is 0.253 e. The monoisotopic (exact) mass is 443 g/mol. The topological polar surface area (TPSA) is 152 Å². The molecular weight excluding hydrogens is 419 g/mol. The normalized spacial score (nSPS) is 11.3. The number of nitrogen functional groups attached to an aromatic ring is 1. The maximum atomic E-state index is 12.2. The van der Waals surface area contributed by atoms with Crippen molar-refractivity contribution in [3.05, 3.63) is 60.2 Å². The molecule has 8 nitrogen and oxygen atoms in total. The number of aromatic hydroxyl groups is 1. The molecule has 1 aromatic heterocycles. The Hall–Kier alpha value is -2.91. The van der Waals surface area contributed by atoms with Crippen molar-refractivity contribution in [2.24, 2.45) is 5.73 Å². The number of aromatic nitrogens is 1. The Morgan fingerprint density at radius 1 is 1.09 bits per heavy atom. The van der Waals surface area contributed by atoms with Gasteiger partial charge in [-0.05, 0) is 42.3 Å². The van der Waals surface area contributed by atoms with Crippen LogP contribution in [0.15, 0.2) is 54.6 Å². The van der Waals surface area contributed by atoms with E-state index >= 15 is 0 Å². The first-order valence-corrected chi connectivity index (χ1v) is 9.79. The van der Waals surface area contributed by atoms with Gasteiger partial charge in [-0.15, -0.1) is 0 Å². The number of para-hydroxylation sites is 1. The fraction of sp³-hybridized carbons (Fsp3) is 0.174. The Morgan fingerprint density at radius 2 is 1.81 bits per heavy atom. The number of pyridine rings is 1. The molecule has 3 rings (SSSR count). The predicted molar refractivity (Wildman–Crippen MR) is 125 cm³/mol. The minimum absolute atomic E-state index is 0. The van der Waals surface area contributed by atoms with E-state index in [2.05, 4.69) is 10.3 Å². The molecule has 32 heavy (non-hydrogen) atoms. The van der Waals surface area contributed by atoms with Crippen molar-refractivity contribution in [1.82, 2.24) is 4.98 Å². The number of nitrogens with two attached hydrogens (primary N) is 2. The van der Waals surface area contributed by atoms with Gasteiger partial charge in [-0.3, -0.25) is 9.59 Å². The standard InChI is InChI=1S/C23H24N4O4.Na/c1-2-6-19(29)23(31)26-14-8-5-7-13(11-14)16-12-17(15-9-3-4-10-18(15)28)27-21(24)20(16)22(25)30;/h3-5,7-12,19,28-29H,2,6H2,1H3,(H2,24,27)(H2,25,30)(H,26,31);. The number of anilines is 2. The van der Waals surface area contributed by atoms with Gasteiger partial charge >= 0.3 is 0 Å². The van der Waals surface area contributed by atoms with Crippen molar-refractivity contribution in [1.29, 1.82) is 0 Å². The van der Waals surface area contributed by atoms with E-state index in [1.165, 1.54) is 6.07 Å². The molecule has 0 aliphatic rings. The summed E-state index contributed by atoms with van der Waals surface area (Å²) in [4.78, 5) is 28.5. The average molecular weight is 443 g/mol. The van der Waals surface area contributed by atoms with Gasteiger partial charge in [0.2, 0.25) is 0 Å². The molecule has 2 amide bonds. The second-order valence-corrected chi connectivity index (χ2v) is 7.07. The zero-order valence-electron chi connectivity index (χ0n) is 18.0. The third-order valence-electron chi connectivity index (χ3n) is 4.78. The van der Waals surface area contributed by atoms with E-state index in [4.69, 9.17) is 11.5 Å². The van der Waals surface area contributed by atoms with E-state index in [0.29, 0.717) is 40.9 Å². The molecule has 1 radical (unpaired) electrons. The van der Waals surface area contributed by atoms with E-state index in [0.717, 1.165) is 0 Å². The van der Waals surface area contributed by atoms with Crippen LogP contribution in [0, 0.1) is 0 Å². The van der Waals surface area contributed by atoms with Crippen LogP contribution in [0.3, 0.4) is 0 Å². The van der Waals surface area contributed by atoms with Crippen LogP contribution < -0.4 is 16.8 Å². The first-order valence-electron chi connectivity index (χ1n) is 9.79. The number of nitrogens with zero attached hydrogens (tertiary/aromatic N) is 1. The Morgan fingerprint density at radius 3 is 2.47 bits per heavy atom. The summed E-state index contributed by atoms with van der Waals surface area (Å²) in [5.41, 5.74) is 13.8. The molecule has 1 unspecified atom stereocenters. The van der Waals surface area contributed by atoms with E-state index < -0.39 is 17.9 Å². The summed E-state index contributed by atoms with van der Waals surface area (Å²) < 4.78 is 0. The predicted octanol–water partition coefficient (Wildman–Crippen LogP) is 2.52. The molecule has 0 aliphatic heterocycles. The summed E-state index contributed by atoms with van der Waals surface area (Å²) >= 11 is 0. The molecule has 0 spiro atoms. The van der Waals surface area contributed by atoms with Gasteiger partial charge < -0.3 is 27.0 Å². The molecule has 0 fully saturated rings. The number of aliphatic hydroxyl groups is 1. The zero-order valence-corrected chi connectivity index (χ0v) is 20.0. The quantitative estimate of drug-likeness (QED) is 0.354. The van der Waals surface area contributed by atoms with Crippen LogP contribution in [0.2, 0.25) is 0 Å². The van der Waals surface area contributed by atoms with Crippen LogP contribution in [0.25, 0.3) is 22.4 Å². The van der Waals surface area contributed by atoms with Crippen LogP contribution in [-0.4, -0.2) is 62.7 Å². The van der Waals surface area contributed by atoms with Gasteiger partial charge in [0.25, 0.3) is 11.8 Å². The van der Waals surface area contributed by atoms with Crippen LogP contribution in [0.4, 0.5) is 11.5 Å². The number of hydrogen-bond donors (Lipinski definition) is 5. The Bertz CT molecular complexity index is 1140. The summed E-state index contributed by atoms with van der Waals surface area (Å²) in [7, 11) is 0. The summed E-state index contributed by atoms with van der Waals surface area (Å²) in [6.45, 7) is 1.87. The molecule has 9 heteroatoms. The van der Waals surface area contributed by atoms with Crippen LogP contribution in [-0.2, 0) is 4.79 Å². The number of carbonyl (C=O) groups excluding carboxylic acids is 2. The van der Waals surface area contributed by atoms with E-state index in [-0.39, 0.29) is 46.7 Å². The van der Waals surface area contributed by atoms with Gasteiger partial charge in [-0.1, -0.05) is 37.6 Å². The Kier molecular flexibility index (Phi) is 8.80. The first kappa shape index (κ1) is 25.4. The van der Waals surface area contributed by atoms with Gasteiger partial charge in [0.05, 0.1) is 11.3 Å². The maximum absolute atomic E-state index is 12.2. The summed E-state index contributed by atoms with van der Waals surface area (Å²) in [5, 5.41) is 22.7. The van der Waals surface area contributed by atoms with Crippen LogP contribution in [0.1, 0.15) is 30.1 Å². The fourth-order valence-electron chi connectivity index (χ4n) is 3.27. The van der Waals surface area contributed by atoms with Gasteiger partial charge in [0.1, 0.15) is 17.7 Å². The summed E-state index contributed by atoms with van der Waals surface area (Å²) in [6, 6.07) is 15.0. The van der Waals surface area contributed by atoms with Crippen molar-refractivity contribution in [2.45, 2.75) is 25.9 Å². The third kappa shape index (κ3) is 5.66. The van der Waals surface area contributed by atoms with Gasteiger partial charge in [0.15, 0.2) is 0 Å². The molecule has 0 saturated heterocycles. The summed E-state index contributed by atoms with van der Waals surface area (Å²) in [5.74, 6) is -1.33. The number of aliphatic hydroxyl groups excluding tert-OH is 1. The van der Waals surface area contributed by atoms with Gasteiger partial charge in [-0.25, -0.2) is 4.98 Å². The molecule has 1 atom stereocenters. The molecule has 3 aromatic rings. The summed E-state index contributed by atoms with van der Waals surface area (Å²) in [6.07, 6.45) is -0.0940. The molecule has 161 valence electrons. The number of benzene rings is 2. The molecule has 0 saturated carbocycles. The molecule has 2 aromatic carbocycles. The number of nitrogens with one attached hydrogen (secondary N) is 1. The minimum atomic E-state index is -1.11. The van der Waals surface area contributed by atoms with E-state index in [1.54, 1.807) is 48.5 Å². The number of phenolic OH excluding ortho intramolecular Hbond substituents is 1. The second kappa shape index (κ2) is 11.1. The molecule has 0 aliphatic carbocycles. The first-order chi connectivity index (χ1) is 14.8. The number of primary amides is 1. The van der Waals surface area contributed by atoms with Crippen molar-refractivity contribution < 1.29 is 19.8 Å². The van der Waals surface area contributed by atoms with Gasteiger partial charge in [-0.2, -0.15) is 0 Å². The third-order valence-corrected chi connectivity index (χ3v) is 4.78. The van der Waals surface area contributed by atoms with Crippen molar-refractivity contribution in [3.63, 3.8) is 0 Å². The molecule has 7 N–H and O–H groups in total. The van der Waals surface area contributed by atoms with Crippen molar-refractivity contribution in [3.8, 4) is 28.1 Å². The molecule has 1 heterocycles. The largest absolute Gasteiger partial charge is 0.507 e. The number of hydrogen-bond acceptors (Lipinski definition) is 6. The average Bonchev–Trinajstić information content (AvgIpc) is 2.73. The molecule has 0 bridgehead atoms. The molecular formula is C23H24N4NaO4. The second-order valence-electron chi connectivity index (χ2n) is 7.07. The van der Waals surface area contributed by atoms with Crippen LogP contribution in [0.5, 0.6) is 5.75 Å².